The Bertz CT molecular complexity index is 747. The van der Waals surface area contributed by atoms with Crippen molar-refractivity contribution in [2.45, 2.75) is 123 Å². The van der Waals surface area contributed by atoms with Gasteiger partial charge in [-0.15, -0.1) is 0 Å². The average molecular weight is 445 g/mol. The summed E-state index contributed by atoms with van der Waals surface area (Å²) in [5.74, 6) is 4.29. The molecule has 0 amide bonds. The number of aliphatic hydroxyl groups excluding tert-OH is 1. The molecule has 1 saturated heterocycles. The Morgan fingerprint density at radius 3 is 2.38 bits per heavy atom. The first-order chi connectivity index (χ1) is 15.1. The lowest BCUT2D eigenvalue weighted by molar-refractivity contribution is -0.497. The van der Waals surface area contributed by atoms with Crippen molar-refractivity contribution >= 4 is 0 Å². The molecule has 6 aliphatic rings. The van der Waals surface area contributed by atoms with Gasteiger partial charge in [0.25, 0.3) is 0 Å². The lowest BCUT2D eigenvalue weighted by Gasteiger charge is -2.69. The fourth-order valence-electron chi connectivity index (χ4n) is 9.76. The number of aliphatic hydroxyl groups is 1. The minimum absolute atomic E-state index is 0.0792. The molecule has 1 N–H and O–H groups in total. The van der Waals surface area contributed by atoms with E-state index in [1.807, 2.05) is 0 Å². The van der Waals surface area contributed by atoms with E-state index in [0.717, 1.165) is 36.5 Å². The molecule has 0 aromatic rings. The predicted octanol–water partition coefficient (Wildman–Crippen LogP) is 7.09. The van der Waals surface area contributed by atoms with Crippen LogP contribution in [0.15, 0.2) is 12.2 Å². The summed E-state index contributed by atoms with van der Waals surface area (Å²) in [6.45, 7) is 14.7. The number of rotatable bonds is 6. The SMILES string of the molecule is CCC(CC[C@@H](C)[C@H]1CC[C@@H]2[C@]1(C)CC[C@H]1[C@]23C=C[C@@]2(C[C@@H](O)CC[C@]12C)OO3)C(C)C. The Labute approximate surface area is 196 Å². The lowest BCUT2D eigenvalue weighted by Crippen LogP contribution is -2.73. The molecular weight excluding hydrogens is 396 g/mol. The maximum atomic E-state index is 10.4. The Hall–Kier alpha value is -0.380. The third-order valence-corrected chi connectivity index (χ3v) is 11.8. The molecule has 3 heteroatoms. The Morgan fingerprint density at radius 2 is 1.72 bits per heavy atom. The van der Waals surface area contributed by atoms with Gasteiger partial charge >= 0.3 is 0 Å². The van der Waals surface area contributed by atoms with Crippen LogP contribution in [0.5, 0.6) is 0 Å². The second kappa shape index (κ2) is 7.82. The molecule has 32 heavy (non-hydrogen) atoms. The van der Waals surface area contributed by atoms with Crippen molar-refractivity contribution in [3.05, 3.63) is 12.2 Å². The van der Waals surface area contributed by atoms with Gasteiger partial charge in [0.05, 0.1) is 6.10 Å². The zero-order valence-corrected chi connectivity index (χ0v) is 21.5. The zero-order valence-electron chi connectivity index (χ0n) is 21.5. The quantitative estimate of drug-likeness (QED) is 0.351. The standard InChI is InChI=1S/C29H48O3/c1-7-21(19(2)3)9-8-20(4)23-10-11-24-26(23,5)14-13-25-27(6)15-12-22(30)18-28(27)16-17-29(24,25)32-31-28/h16-17,19-25,30H,7-15,18H2,1-6H3/t20-,21?,22+,23-,24-,25-,26-,27-,28+,29+/m1/s1. The maximum absolute atomic E-state index is 10.4. The highest BCUT2D eigenvalue weighted by atomic mass is 17.2. The van der Waals surface area contributed by atoms with Crippen LogP contribution in [-0.4, -0.2) is 22.4 Å². The van der Waals surface area contributed by atoms with E-state index < -0.39 is 5.60 Å². The largest absolute Gasteiger partial charge is 0.393 e. The van der Waals surface area contributed by atoms with Crippen LogP contribution in [0.3, 0.4) is 0 Å². The molecule has 4 aliphatic carbocycles. The van der Waals surface area contributed by atoms with Gasteiger partial charge in [-0.3, -0.25) is 0 Å². The molecule has 1 unspecified atom stereocenters. The van der Waals surface area contributed by atoms with Gasteiger partial charge in [-0.05, 0) is 80.1 Å². The second-order valence-corrected chi connectivity index (χ2v) is 13.4. The van der Waals surface area contributed by atoms with Crippen LogP contribution in [0.2, 0.25) is 0 Å². The fraction of sp³-hybridized carbons (Fsp3) is 0.931. The predicted molar refractivity (Wildman–Crippen MR) is 129 cm³/mol. The second-order valence-electron chi connectivity index (χ2n) is 13.4. The van der Waals surface area contributed by atoms with Gasteiger partial charge in [0.1, 0.15) is 11.2 Å². The van der Waals surface area contributed by atoms with Gasteiger partial charge in [0.2, 0.25) is 0 Å². The topological polar surface area (TPSA) is 38.7 Å². The Kier molecular flexibility index (Phi) is 5.71. The minimum atomic E-state index is -0.428. The van der Waals surface area contributed by atoms with Gasteiger partial charge in [-0.25, -0.2) is 9.78 Å². The summed E-state index contributed by atoms with van der Waals surface area (Å²) in [6, 6.07) is 0. The van der Waals surface area contributed by atoms with Crippen molar-refractivity contribution in [2.75, 3.05) is 0 Å². The van der Waals surface area contributed by atoms with E-state index in [9.17, 15) is 5.11 Å². The van der Waals surface area contributed by atoms with E-state index in [1.165, 1.54) is 44.9 Å². The average Bonchev–Trinajstić information content (AvgIpc) is 3.12. The third kappa shape index (κ3) is 3.02. The molecule has 2 aliphatic heterocycles. The molecule has 3 nitrogen and oxygen atoms in total. The van der Waals surface area contributed by atoms with Crippen molar-refractivity contribution in [2.24, 2.45) is 46.3 Å². The van der Waals surface area contributed by atoms with Crippen LogP contribution < -0.4 is 0 Å². The van der Waals surface area contributed by atoms with Crippen LogP contribution >= 0.6 is 0 Å². The number of hydrogen-bond acceptors (Lipinski definition) is 3. The van der Waals surface area contributed by atoms with Crippen LogP contribution in [-0.2, 0) is 9.78 Å². The van der Waals surface area contributed by atoms with Gasteiger partial charge in [0.15, 0.2) is 0 Å². The fourth-order valence-corrected chi connectivity index (χ4v) is 9.76. The summed E-state index contributed by atoms with van der Waals surface area (Å²) < 4.78 is 0. The molecule has 10 atom stereocenters. The minimum Gasteiger partial charge on any atom is -0.393 e. The van der Waals surface area contributed by atoms with Gasteiger partial charge < -0.3 is 5.11 Å². The van der Waals surface area contributed by atoms with E-state index in [4.69, 9.17) is 9.78 Å². The highest BCUT2D eigenvalue weighted by Crippen LogP contribution is 2.72. The molecule has 2 heterocycles. The van der Waals surface area contributed by atoms with Crippen LogP contribution in [0.25, 0.3) is 0 Å². The first-order valence-electron chi connectivity index (χ1n) is 13.9. The monoisotopic (exact) mass is 444 g/mol. The summed E-state index contributed by atoms with van der Waals surface area (Å²) in [6.07, 6.45) is 16.3. The molecular formula is C29H48O3. The smallest absolute Gasteiger partial charge is 0.130 e. The van der Waals surface area contributed by atoms with Crippen molar-refractivity contribution in [1.82, 2.24) is 0 Å². The molecule has 0 aromatic heterocycles. The molecule has 6 rings (SSSR count). The lowest BCUT2D eigenvalue weighted by atomic mass is 9.42. The van der Waals surface area contributed by atoms with Gasteiger partial charge in [0, 0.05) is 23.7 Å². The third-order valence-electron chi connectivity index (χ3n) is 11.8. The molecule has 0 aromatic carbocycles. The molecule has 2 spiro atoms. The maximum Gasteiger partial charge on any atom is 0.130 e. The summed E-state index contributed by atoms with van der Waals surface area (Å²) in [5, 5.41) is 10.4. The van der Waals surface area contributed by atoms with Crippen molar-refractivity contribution in [3.63, 3.8) is 0 Å². The molecule has 4 fully saturated rings. The van der Waals surface area contributed by atoms with Crippen LogP contribution in [0.4, 0.5) is 0 Å². The Morgan fingerprint density at radius 1 is 0.938 bits per heavy atom. The number of hydrogen-bond donors (Lipinski definition) is 1. The van der Waals surface area contributed by atoms with E-state index >= 15 is 0 Å². The van der Waals surface area contributed by atoms with E-state index in [1.54, 1.807) is 0 Å². The molecule has 0 radical (unpaired) electrons. The first kappa shape index (κ1) is 23.4. The molecule has 182 valence electrons. The normalized spacial score (nSPS) is 51.2. The summed E-state index contributed by atoms with van der Waals surface area (Å²) in [4.78, 5) is 12.8. The highest BCUT2D eigenvalue weighted by molar-refractivity contribution is 5.33. The summed E-state index contributed by atoms with van der Waals surface area (Å²) in [7, 11) is 0. The van der Waals surface area contributed by atoms with Crippen LogP contribution in [0, 0.1) is 46.3 Å². The highest BCUT2D eigenvalue weighted by Gasteiger charge is 2.74. The zero-order chi connectivity index (χ0) is 22.9. The molecule has 3 saturated carbocycles. The molecule has 2 bridgehead atoms. The van der Waals surface area contributed by atoms with E-state index in [-0.39, 0.29) is 17.1 Å². The summed E-state index contributed by atoms with van der Waals surface area (Å²) >= 11 is 0. The van der Waals surface area contributed by atoms with Crippen molar-refractivity contribution in [1.29, 1.82) is 0 Å². The van der Waals surface area contributed by atoms with E-state index in [2.05, 4.69) is 53.7 Å². The number of fused-ring (bicyclic) bond motifs is 2. The summed E-state index contributed by atoms with van der Waals surface area (Å²) in [5.41, 5.74) is -0.271. The first-order valence-corrected chi connectivity index (χ1v) is 13.9. The Balaban J connectivity index is 1.39. The van der Waals surface area contributed by atoms with Crippen molar-refractivity contribution in [3.8, 4) is 0 Å². The van der Waals surface area contributed by atoms with Crippen LogP contribution in [0.1, 0.15) is 106 Å². The van der Waals surface area contributed by atoms with Gasteiger partial charge in [-0.1, -0.05) is 60.5 Å². The van der Waals surface area contributed by atoms with Crippen molar-refractivity contribution < 1.29 is 14.9 Å². The van der Waals surface area contributed by atoms with E-state index in [0.29, 0.717) is 23.7 Å². The van der Waals surface area contributed by atoms with Gasteiger partial charge in [-0.2, -0.15) is 0 Å².